The Labute approximate surface area is 115 Å². The fourth-order valence-corrected chi connectivity index (χ4v) is 2.83. The summed E-state index contributed by atoms with van der Waals surface area (Å²) in [6.07, 6.45) is 1.95. The largest absolute Gasteiger partial charge is 0.396 e. The fraction of sp³-hybridized carbons (Fsp3) is 0.538. The van der Waals surface area contributed by atoms with Crippen LogP contribution in [0, 0.1) is 12.8 Å². The van der Waals surface area contributed by atoms with E-state index < -0.39 is 0 Å². The highest BCUT2D eigenvalue weighted by molar-refractivity contribution is 9.10. The molecule has 0 bridgehead atoms. The van der Waals surface area contributed by atoms with Gasteiger partial charge in [-0.25, -0.2) is 4.98 Å². The van der Waals surface area contributed by atoms with Gasteiger partial charge < -0.3 is 10.0 Å². The van der Waals surface area contributed by atoms with Gasteiger partial charge >= 0.3 is 0 Å². The second-order valence-electron chi connectivity index (χ2n) is 4.73. The molecule has 0 aliphatic carbocycles. The van der Waals surface area contributed by atoms with E-state index in [0.717, 1.165) is 25.1 Å². The molecular formula is C13H17BrN2O2. The molecule has 1 aliphatic heterocycles. The zero-order valence-electron chi connectivity index (χ0n) is 10.4. The molecule has 5 heteroatoms. The Bertz CT molecular complexity index is 451. The Morgan fingerprint density at radius 1 is 1.61 bits per heavy atom. The van der Waals surface area contributed by atoms with Crippen LogP contribution in [-0.2, 0) is 0 Å². The Morgan fingerprint density at radius 3 is 3.06 bits per heavy atom. The highest BCUT2D eigenvalue weighted by Crippen LogP contribution is 2.21. The molecule has 1 saturated heterocycles. The Morgan fingerprint density at radius 2 is 2.39 bits per heavy atom. The van der Waals surface area contributed by atoms with Crippen molar-refractivity contribution in [3.05, 3.63) is 28.0 Å². The van der Waals surface area contributed by atoms with Crippen LogP contribution in [0.5, 0.6) is 0 Å². The van der Waals surface area contributed by atoms with E-state index >= 15 is 0 Å². The van der Waals surface area contributed by atoms with Crippen molar-refractivity contribution in [2.45, 2.75) is 19.8 Å². The Balaban J connectivity index is 2.15. The molecule has 98 valence electrons. The van der Waals surface area contributed by atoms with E-state index in [-0.39, 0.29) is 18.4 Å². The molecule has 2 heterocycles. The summed E-state index contributed by atoms with van der Waals surface area (Å²) >= 11 is 3.34. The van der Waals surface area contributed by atoms with Crippen molar-refractivity contribution in [2.24, 2.45) is 5.92 Å². The molecule has 0 spiro atoms. The highest BCUT2D eigenvalue weighted by Gasteiger charge is 2.25. The Hall–Kier alpha value is -0.940. The Kier molecular flexibility index (Phi) is 4.35. The van der Waals surface area contributed by atoms with Crippen LogP contribution >= 0.6 is 15.9 Å². The minimum Gasteiger partial charge on any atom is -0.396 e. The number of piperidine rings is 1. The topological polar surface area (TPSA) is 53.4 Å². The molecule has 1 aliphatic rings. The number of aliphatic hydroxyl groups excluding tert-OH is 1. The molecule has 1 fully saturated rings. The van der Waals surface area contributed by atoms with Crippen LogP contribution in [0.25, 0.3) is 0 Å². The number of carbonyl (C=O) groups is 1. The third-order valence-corrected chi connectivity index (χ3v) is 3.89. The third-order valence-electron chi connectivity index (χ3n) is 3.28. The van der Waals surface area contributed by atoms with E-state index in [1.165, 1.54) is 0 Å². The smallest absolute Gasteiger partial charge is 0.256 e. The second-order valence-corrected chi connectivity index (χ2v) is 5.48. The highest BCUT2D eigenvalue weighted by atomic mass is 79.9. The quantitative estimate of drug-likeness (QED) is 0.850. The molecule has 1 N–H and O–H groups in total. The van der Waals surface area contributed by atoms with Crippen LogP contribution in [-0.4, -0.2) is 40.6 Å². The summed E-state index contributed by atoms with van der Waals surface area (Å²) in [6.45, 7) is 3.43. The molecule has 1 unspecified atom stereocenters. The minimum absolute atomic E-state index is 0.00692. The number of aliphatic hydroxyl groups is 1. The molecule has 2 rings (SSSR count). The van der Waals surface area contributed by atoms with Gasteiger partial charge in [-0.05, 0) is 53.7 Å². The van der Waals surface area contributed by atoms with Gasteiger partial charge in [-0.3, -0.25) is 4.79 Å². The van der Waals surface area contributed by atoms with Crippen molar-refractivity contribution < 1.29 is 9.90 Å². The van der Waals surface area contributed by atoms with E-state index in [1.807, 2.05) is 17.9 Å². The maximum absolute atomic E-state index is 12.4. The van der Waals surface area contributed by atoms with E-state index in [9.17, 15) is 9.90 Å². The van der Waals surface area contributed by atoms with Crippen molar-refractivity contribution in [1.82, 2.24) is 9.88 Å². The third kappa shape index (κ3) is 2.90. The predicted octanol–water partition coefficient (Wildman–Crippen LogP) is 2.00. The van der Waals surface area contributed by atoms with Gasteiger partial charge in [0.25, 0.3) is 5.91 Å². The maximum Gasteiger partial charge on any atom is 0.256 e. The maximum atomic E-state index is 12.4. The standard InChI is InChI=1S/C13H17BrN2O2/c1-9-4-5-11(12(14)15-9)13(18)16-6-2-3-10(7-16)8-17/h4-5,10,17H,2-3,6-8H2,1H3. The summed E-state index contributed by atoms with van der Waals surface area (Å²) in [7, 11) is 0. The lowest BCUT2D eigenvalue weighted by Gasteiger charge is -2.32. The zero-order chi connectivity index (χ0) is 13.1. The van der Waals surface area contributed by atoms with Gasteiger partial charge in [0.15, 0.2) is 0 Å². The number of carbonyl (C=O) groups excluding carboxylic acids is 1. The average molecular weight is 313 g/mol. The number of aryl methyl sites for hydroxylation is 1. The molecule has 1 aromatic heterocycles. The number of hydrogen-bond donors (Lipinski definition) is 1. The van der Waals surface area contributed by atoms with Crippen molar-refractivity contribution in [1.29, 1.82) is 0 Å². The van der Waals surface area contributed by atoms with Gasteiger partial charge in [0, 0.05) is 25.4 Å². The molecule has 18 heavy (non-hydrogen) atoms. The van der Waals surface area contributed by atoms with Gasteiger partial charge in [-0.15, -0.1) is 0 Å². The number of likely N-dealkylation sites (tertiary alicyclic amines) is 1. The van der Waals surface area contributed by atoms with Gasteiger partial charge in [0.2, 0.25) is 0 Å². The first-order valence-corrected chi connectivity index (χ1v) is 6.94. The van der Waals surface area contributed by atoms with E-state index in [4.69, 9.17) is 0 Å². The first-order chi connectivity index (χ1) is 8.61. The summed E-state index contributed by atoms with van der Waals surface area (Å²) < 4.78 is 0.596. The number of hydrogen-bond acceptors (Lipinski definition) is 3. The molecule has 0 radical (unpaired) electrons. The van der Waals surface area contributed by atoms with Crippen LogP contribution in [0.4, 0.5) is 0 Å². The zero-order valence-corrected chi connectivity index (χ0v) is 12.0. The van der Waals surface area contributed by atoms with Crippen LogP contribution in [0.3, 0.4) is 0 Å². The lowest BCUT2D eigenvalue weighted by molar-refractivity contribution is 0.0619. The number of halogens is 1. The first-order valence-electron chi connectivity index (χ1n) is 6.15. The van der Waals surface area contributed by atoms with Crippen molar-refractivity contribution in [3.63, 3.8) is 0 Å². The summed E-state index contributed by atoms with van der Waals surface area (Å²) in [5.74, 6) is 0.201. The van der Waals surface area contributed by atoms with Crippen molar-refractivity contribution >= 4 is 21.8 Å². The average Bonchev–Trinajstić information content (AvgIpc) is 2.38. The molecule has 1 amide bonds. The molecule has 4 nitrogen and oxygen atoms in total. The van der Waals surface area contributed by atoms with Gasteiger partial charge in [0.05, 0.1) is 5.56 Å². The normalized spacial score (nSPS) is 19.9. The van der Waals surface area contributed by atoms with E-state index in [0.29, 0.717) is 16.7 Å². The molecule has 0 saturated carbocycles. The minimum atomic E-state index is -0.00692. The fourth-order valence-electron chi connectivity index (χ4n) is 2.25. The number of amides is 1. The van der Waals surface area contributed by atoms with Crippen molar-refractivity contribution in [2.75, 3.05) is 19.7 Å². The van der Waals surface area contributed by atoms with Gasteiger partial charge in [-0.1, -0.05) is 0 Å². The second kappa shape index (κ2) is 5.80. The predicted molar refractivity (Wildman–Crippen MR) is 72.4 cm³/mol. The summed E-state index contributed by atoms with van der Waals surface area (Å²) in [6, 6.07) is 3.64. The van der Waals surface area contributed by atoms with E-state index in [1.54, 1.807) is 6.07 Å². The lowest BCUT2D eigenvalue weighted by atomic mass is 9.98. The molecule has 1 atom stereocenters. The number of pyridine rings is 1. The monoisotopic (exact) mass is 312 g/mol. The van der Waals surface area contributed by atoms with E-state index in [2.05, 4.69) is 20.9 Å². The van der Waals surface area contributed by atoms with Crippen LogP contribution in [0.1, 0.15) is 28.9 Å². The van der Waals surface area contributed by atoms with Crippen molar-refractivity contribution in [3.8, 4) is 0 Å². The number of nitrogens with zero attached hydrogens (tertiary/aromatic N) is 2. The van der Waals surface area contributed by atoms with Gasteiger partial charge in [-0.2, -0.15) is 0 Å². The SMILES string of the molecule is Cc1ccc(C(=O)N2CCCC(CO)C2)c(Br)n1. The van der Waals surface area contributed by atoms with Crippen LogP contribution < -0.4 is 0 Å². The lowest BCUT2D eigenvalue weighted by Crippen LogP contribution is -2.41. The molecular weight excluding hydrogens is 296 g/mol. The summed E-state index contributed by atoms with van der Waals surface area (Å²) in [4.78, 5) is 18.4. The summed E-state index contributed by atoms with van der Waals surface area (Å²) in [5.41, 5.74) is 1.48. The summed E-state index contributed by atoms with van der Waals surface area (Å²) in [5, 5.41) is 9.19. The van der Waals surface area contributed by atoms with Crippen LogP contribution in [0.15, 0.2) is 16.7 Å². The number of aromatic nitrogens is 1. The first kappa shape index (κ1) is 13.5. The van der Waals surface area contributed by atoms with Gasteiger partial charge in [0.1, 0.15) is 4.60 Å². The molecule has 1 aromatic rings. The molecule has 0 aromatic carbocycles. The van der Waals surface area contributed by atoms with Crippen LogP contribution in [0.2, 0.25) is 0 Å². The number of rotatable bonds is 2.